The van der Waals surface area contributed by atoms with E-state index in [0.29, 0.717) is 12.6 Å². The van der Waals surface area contributed by atoms with E-state index in [-0.39, 0.29) is 0 Å². The third-order valence-corrected chi connectivity index (χ3v) is 4.26. The van der Waals surface area contributed by atoms with Crippen molar-refractivity contribution in [3.05, 3.63) is 0 Å². The van der Waals surface area contributed by atoms with E-state index in [2.05, 4.69) is 17.1 Å². The van der Waals surface area contributed by atoms with Crippen LogP contribution < -0.4 is 5.32 Å². The predicted octanol–water partition coefficient (Wildman–Crippen LogP) is 1.56. The Balaban J connectivity index is 2.17. The van der Waals surface area contributed by atoms with Crippen LogP contribution in [-0.2, 0) is 0 Å². The van der Waals surface area contributed by atoms with Crippen molar-refractivity contribution in [3.63, 3.8) is 0 Å². The molecule has 1 rings (SSSR count). The van der Waals surface area contributed by atoms with E-state index in [4.69, 9.17) is 0 Å². The highest BCUT2D eigenvalue weighted by molar-refractivity contribution is 7.98. The van der Waals surface area contributed by atoms with Gasteiger partial charge in [0.1, 0.15) is 0 Å². The van der Waals surface area contributed by atoms with Gasteiger partial charge < -0.3 is 15.3 Å². The van der Waals surface area contributed by atoms with Crippen molar-refractivity contribution in [1.82, 2.24) is 10.2 Å². The summed E-state index contributed by atoms with van der Waals surface area (Å²) in [6.45, 7) is 8.52. The van der Waals surface area contributed by atoms with Crippen molar-refractivity contribution in [2.45, 2.75) is 44.8 Å². The molecular weight excluding hydrogens is 232 g/mol. The van der Waals surface area contributed by atoms with Crippen molar-refractivity contribution in [2.24, 2.45) is 0 Å². The van der Waals surface area contributed by atoms with Gasteiger partial charge in [0.05, 0.1) is 5.60 Å². The molecule has 0 aromatic rings. The molecule has 3 nitrogen and oxygen atoms in total. The molecular formula is C13H28N2OS. The van der Waals surface area contributed by atoms with Crippen LogP contribution in [0.4, 0.5) is 0 Å². The quantitative estimate of drug-likeness (QED) is 0.728. The van der Waals surface area contributed by atoms with Crippen LogP contribution >= 0.6 is 11.8 Å². The van der Waals surface area contributed by atoms with Gasteiger partial charge in [0, 0.05) is 18.3 Å². The van der Waals surface area contributed by atoms with Gasteiger partial charge in [0.2, 0.25) is 0 Å². The number of rotatable bonds is 7. The van der Waals surface area contributed by atoms with E-state index < -0.39 is 5.60 Å². The lowest BCUT2D eigenvalue weighted by Crippen LogP contribution is -2.48. The number of nitrogens with one attached hydrogen (secondary N) is 1. The minimum absolute atomic E-state index is 0.569. The van der Waals surface area contributed by atoms with Crippen LogP contribution in [0.3, 0.4) is 0 Å². The molecule has 0 radical (unpaired) electrons. The van der Waals surface area contributed by atoms with Gasteiger partial charge in [-0.1, -0.05) is 6.92 Å². The van der Waals surface area contributed by atoms with Crippen LogP contribution in [0.5, 0.6) is 0 Å². The Hall–Kier alpha value is 0.230. The summed E-state index contributed by atoms with van der Waals surface area (Å²) >= 11 is 1.70. The molecule has 1 fully saturated rings. The zero-order valence-corrected chi connectivity index (χ0v) is 12.4. The summed E-state index contributed by atoms with van der Waals surface area (Å²) in [5.41, 5.74) is -0.569. The Bertz CT molecular complexity index is 204. The Morgan fingerprint density at radius 1 is 1.41 bits per heavy atom. The molecule has 17 heavy (non-hydrogen) atoms. The Kier molecular flexibility index (Phi) is 6.85. The smallest absolute Gasteiger partial charge is 0.0833 e. The van der Waals surface area contributed by atoms with Crippen LogP contribution in [0.25, 0.3) is 0 Å². The van der Waals surface area contributed by atoms with Gasteiger partial charge in [0.15, 0.2) is 0 Å². The third-order valence-electron chi connectivity index (χ3n) is 3.35. The molecule has 0 amide bonds. The van der Waals surface area contributed by atoms with Crippen molar-refractivity contribution in [3.8, 4) is 0 Å². The number of hydrogen-bond donors (Lipinski definition) is 2. The average Bonchev–Trinajstić information content (AvgIpc) is 2.29. The van der Waals surface area contributed by atoms with Crippen molar-refractivity contribution >= 4 is 11.8 Å². The standard InChI is InChI=1S/C13H28N2OS/c1-4-7-15-8-5-12(6-9-15)14-10-13(2,16)11-17-3/h12,14,16H,4-11H2,1-3H3. The first-order valence-electron chi connectivity index (χ1n) is 6.74. The van der Waals surface area contributed by atoms with Gasteiger partial charge >= 0.3 is 0 Å². The zero-order valence-electron chi connectivity index (χ0n) is 11.5. The summed E-state index contributed by atoms with van der Waals surface area (Å²) in [7, 11) is 0. The second-order valence-corrected chi connectivity index (χ2v) is 6.29. The summed E-state index contributed by atoms with van der Waals surface area (Å²) in [5.74, 6) is 0.800. The first-order chi connectivity index (χ1) is 8.07. The molecule has 1 atom stereocenters. The van der Waals surface area contributed by atoms with E-state index in [9.17, 15) is 5.11 Å². The highest BCUT2D eigenvalue weighted by atomic mass is 32.2. The maximum absolute atomic E-state index is 10.1. The number of aliphatic hydroxyl groups is 1. The highest BCUT2D eigenvalue weighted by Gasteiger charge is 2.23. The molecule has 0 spiro atoms. The van der Waals surface area contributed by atoms with E-state index in [1.54, 1.807) is 11.8 Å². The lowest BCUT2D eigenvalue weighted by atomic mass is 10.0. The lowest BCUT2D eigenvalue weighted by molar-refractivity contribution is 0.0765. The van der Waals surface area contributed by atoms with Gasteiger partial charge in [-0.2, -0.15) is 11.8 Å². The summed E-state index contributed by atoms with van der Waals surface area (Å²) in [4.78, 5) is 2.54. The molecule has 1 heterocycles. The predicted molar refractivity (Wildman–Crippen MR) is 76.8 cm³/mol. The number of hydrogen-bond acceptors (Lipinski definition) is 4. The van der Waals surface area contributed by atoms with Gasteiger partial charge in [-0.25, -0.2) is 0 Å². The third kappa shape index (κ3) is 6.09. The fourth-order valence-electron chi connectivity index (χ4n) is 2.40. The van der Waals surface area contributed by atoms with Crippen molar-refractivity contribution < 1.29 is 5.11 Å². The number of thioether (sulfide) groups is 1. The maximum atomic E-state index is 10.1. The molecule has 1 aliphatic rings. The second kappa shape index (κ2) is 7.62. The largest absolute Gasteiger partial charge is 0.388 e. The SMILES string of the molecule is CCCN1CCC(NCC(C)(O)CSC)CC1. The second-order valence-electron chi connectivity index (χ2n) is 5.43. The summed E-state index contributed by atoms with van der Waals surface area (Å²) in [5, 5.41) is 13.6. The summed E-state index contributed by atoms with van der Waals surface area (Å²) in [6, 6.07) is 0.594. The van der Waals surface area contributed by atoms with Crippen LogP contribution in [0.2, 0.25) is 0 Å². The Labute approximate surface area is 110 Å². The summed E-state index contributed by atoms with van der Waals surface area (Å²) < 4.78 is 0. The van der Waals surface area contributed by atoms with Gasteiger partial charge in [0.25, 0.3) is 0 Å². The number of likely N-dealkylation sites (tertiary alicyclic amines) is 1. The molecule has 0 saturated carbocycles. The number of piperidine rings is 1. The zero-order chi connectivity index (χ0) is 12.7. The van der Waals surface area contributed by atoms with Gasteiger partial charge in [-0.15, -0.1) is 0 Å². The number of nitrogens with zero attached hydrogens (tertiary/aromatic N) is 1. The van der Waals surface area contributed by atoms with E-state index in [1.165, 1.54) is 38.9 Å². The lowest BCUT2D eigenvalue weighted by Gasteiger charge is -2.34. The highest BCUT2D eigenvalue weighted by Crippen LogP contribution is 2.13. The molecule has 0 bridgehead atoms. The molecule has 102 valence electrons. The molecule has 0 aromatic heterocycles. The first kappa shape index (κ1) is 15.3. The Morgan fingerprint density at radius 2 is 2.06 bits per heavy atom. The molecule has 0 aromatic carbocycles. The minimum atomic E-state index is -0.569. The van der Waals surface area contributed by atoms with E-state index >= 15 is 0 Å². The summed E-state index contributed by atoms with van der Waals surface area (Å²) in [6.07, 6.45) is 5.73. The van der Waals surface area contributed by atoms with Crippen LogP contribution in [0.1, 0.15) is 33.1 Å². The molecule has 0 aliphatic carbocycles. The van der Waals surface area contributed by atoms with Crippen molar-refractivity contribution in [1.29, 1.82) is 0 Å². The molecule has 2 N–H and O–H groups in total. The Morgan fingerprint density at radius 3 is 2.59 bits per heavy atom. The van der Waals surface area contributed by atoms with Crippen LogP contribution in [-0.4, -0.2) is 59.8 Å². The van der Waals surface area contributed by atoms with Gasteiger partial charge in [-0.3, -0.25) is 0 Å². The molecule has 4 heteroatoms. The first-order valence-corrected chi connectivity index (χ1v) is 8.14. The van der Waals surface area contributed by atoms with E-state index in [0.717, 1.165) is 5.75 Å². The molecule has 1 saturated heterocycles. The van der Waals surface area contributed by atoms with E-state index in [1.807, 2.05) is 13.2 Å². The normalized spacial score (nSPS) is 22.6. The van der Waals surface area contributed by atoms with Crippen LogP contribution in [0, 0.1) is 0 Å². The monoisotopic (exact) mass is 260 g/mol. The average molecular weight is 260 g/mol. The fourth-order valence-corrected chi connectivity index (χ4v) is 3.13. The molecule has 1 aliphatic heterocycles. The van der Waals surface area contributed by atoms with Crippen molar-refractivity contribution in [2.75, 3.05) is 38.2 Å². The molecule has 1 unspecified atom stereocenters. The topological polar surface area (TPSA) is 35.5 Å². The minimum Gasteiger partial charge on any atom is -0.388 e. The maximum Gasteiger partial charge on any atom is 0.0833 e. The van der Waals surface area contributed by atoms with Crippen LogP contribution in [0.15, 0.2) is 0 Å². The fraction of sp³-hybridized carbons (Fsp3) is 1.00. The van der Waals surface area contributed by atoms with Gasteiger partial charge in [-0.05, 0) is 52.1 Å².